The van der Waals surface area contributed by atoms with Crippen molar-refractivity contribution in [2.75, 3.05) is 52.7 Å². The molecule has 2 saturated heterocycles. The number of halogens is 1. The predicted molar refractivity (Wildman–Crippen MR) is 130 cm³/mol. The number of anilines is 1. The molecule has 2 atom stereocenters. The average molecular weight is 481 g/mol. The van der Waals surface area contributed by atoms with Crippen molar-refractivity contribution in [3.63, 3.8) is 0 Å². The first-order valence-electron chi connectivity index (χ1n) is 11.9. The van der Waals surface area contributed by atoms with Gasteiger partial charge in [0.15, 0.2) is 0 Å². The topological polar surface area (TPSA) is 97.1 Å². The van der Waals surface area contributed by atoms with E-state index in [4.69, 9.17) is 26.8 Å². The van der Waals surface area contributed by atoms with E-state index in [-0.39, 0.29) is 18.1 Å². The Balaban J connectivity index is 1.45. The number of nitrogen functional groups attached to an aromatic ring is 1. The zero-order chi connectivity index (χ0) is 23.8. The number of piperidine rings is 2. The minimum Gasteiger partial charge on any atom is -0.496 e. The van der Waals surface area contributed by atoms with Gasteiger partial charge in [-0.3, -0.25) is 9.59 Å². The molecule has 8 nitrogen and oxygen atoms in total. The van der Waals surface area contributed by atoms with E-state index in [1.165, 1.54) is 19.6 Å². The molecule has 0 saturated carbocycles. The second-order valence-electron chi connectivity index (χ2n) is 8.92. The molecule has 2 amide bonds. The third-order valence-electron chi connectivity index (χ3n) is 6.65. The van der Waals surface area contributed by atoms with Crippen molar-refractivity contribution in [2.45, 2.75) is 57.1 Å². The van der Waals surface area contributed by atoms with Crippen molar-refractivity contribution >= 4 is 29.1 Å². The minimum absolute atomic E-state index is 0.111. The van der Waals surface area contributed by atoms with Gasteiger partial charge in [-0.25, -0.2) is 0 Å². The average Bonchev–Trinajstić information content (AvgIpc) is 2.84. The van der Waals surface area contributed by atoms with Gasteiger partial charge in [0.05, 0.1) is 35.5 Å². The molecule has 0 bridgehead atoms. The van der Waals surface area contributed by atoms with Crippen LogP contribution in [0.15, 0.2) is 12.1 Å². The molecule has 1 aromatic rings. The summed E-state index contributed by atoms with van der Waals surface area (Å²) in [4.78, 5) is 29.6. The normalized spacial score (nSPS) is 21.6. The zero-order valence-electron chi connectivity index (χ0n) is 19.8. The number of nitrogens with one attached hydrogen (secondary N) is 1. The summed E-state index contributed by atoms with van der Waals surface area (Å²) in [6.45, 7) is 4.37. The Kier molecular flexibility index (Phi) is 9.64. The third-order valence-corrected chi connectivity index (χ3v) is 6.98. The Hall–Kier alpha value is -2.03. The molecule has 2 heterocycles. The van der Waals surface area contributed by atoms with E-state index in [2.05, 4.69) is 10.2 Å². The Morgan fingerprint density at radius 1 is 1.15 bits per heavy atom. The molecule has 0 radical (unpaired) electrons. The molecule has 0 unspecified atom stereocenters. The highest BCUT2D eigenvalue weighted by Gasteiger charge is 2.31. The number of nitrogens with two attached hydrogens (primary N) is 1. The summed E-state index contributed by atoms with van der Waals surface area (Å²) in [5.74, 6) is 0.425. The molecule has 1 aromatic carbocycles. The van der Waals surface area contributed by atoms with E-state index >= 15 is 0 Å². The van der Waals surface area contributed by atoms with Crippen molar-refractivity contribution in [1.82, 2.24) is 15.1 Å². The number of ether oxygens (including phenoxy) is 2. The van der Waals surface area contributed by atoms with E-state index in [1.54, 1.807) is 13.2 Å². The van der Waals surface area contributed by atoms with Gasteiger partial charge in [-0.05, 0) is 51.1 Å². The highest BCUT2D eigenvalue weighted by molar-refractivity contribution is 6.33. The lowest BCUT2D eigenvalue weighted by atomic mass is 10.00. The second-order valence-corrected chi connectivity index (χ2v) is 9.32. The molecular weight excluding hydrogens is 444 g/mol. The maximum absolute atomic E-state index is 12.9. The van der Waals surface area contributed by atoms with E-state index in [0.29, 0.717) is 34.4 Å². The van der Waals surface area contributed by atoms with E-state index in [0.717, 1.165) is 64.8 Å². The number of hydrogen-bond acceptors (Lipinski definition) is 6. The maximum Gasteiger partial charge on any atom is 0.255 e. The molecular formula is C24H37ClN4O4. The van der Waals surface area contributed by atoms with Crippen LogP contribution in [0, 0.1) is 0 Å². The molecule has 0 aromatic heterocycles. The van der Waals surface area contributed by atoms with E-state index in [1.807, 2.05) is 4.90 Å². The molecule has 2 aliphatic rings. The lowest BCUT2D eigenvalue weighted by molar-refractivity contribution is -0.132. The van der Waals surface area contributed by atoms with Crippen molar-refractivity contribution in [3.8, 4) is 5.75 Å². The summed E-state index contributed by atoms with van der Waals surface area (Å²) in [5, 5.41) is 3.39. The van der Waals surface area contributed by atoms with Gasteiger partial charge in [-0.15, -0.1) is 0 Å². The largest absolute Gasteiger partial charge is 0.496 e. The zero-order valence-corrected chi connectivity index (χ0v) is 20.5. The van der Waals surface area contributed by atoms with Gasteiger partial charge < -0.3 is 30.3 Å². The first-order chi connectivity index (χ1) is 15.9. The monoisotopic (exact) mass is 480 g/mol. The first-order valence-corrected chi connectivity index (χ1v) is 12.3. The smallest absolute Gasteiger partial charge is 0.255 e. The molecule has 3 rings (SSSR count). The fraction of sp³-hybridized carbons (Fsp3) is 0.667. The molecule has 3 N–H and O–H groups in total. The predicted octanol–water partition coefficient (Wildman–Crippen LogP) is 2.93. The van der Waals surface area contributed by atoms with Crippen LogP contribution >= 0.6 is 11.6 Å². The van der Waals surface area contributed by atoms with Gasteiger partial charge >= 0.3 is 0 Å². The maximum atomic E-state index is 12.9. The van der Waals surface area contributed by atoms with Crippen LogP contribution < -0.4 is 15.8 Å². The van der Waals surface area contributed by atoms with Crippen LogP contribution in [-0.4, -0.2) is 80.7 Å². The summed E-state index contributed by atoms with van der Waals surface area (Å²) >= 11 is 6.11. The Bertz CT molecular complexity index is 816. The van der Waals surface area contributed by atoms with Gasteiger partial charge in [-0.1, -0.05) is 11.6 Å². The number of carbonyl (C=O) groups is 2. The van der Waals surface area contributed by atoms with Crippen LogP contribution in [0.25, 0.3) is 0 Å². The molecule has 33 heavy (non-hydrogen) atoms. The Morgan fingerprint density at radius 3 is 2.61 bits per heavy atom. The summed E-state index contributed by atoms with van der Waals surface area (Å²) in [6.07, 6.45) is 6.68. The van der Waals surface area contributed by atoms with Crippen LogP contribution in [0.4, 0.5) is 5.69 Å². The number of methoxy groups -OCH3 is 2. The summed E-state index contributed by atoms with van der Waals surface area (Å²) in [6, 6.07) is 2.98. The minimum atomic E-state index is -0.259. The van der Waals surface area contributed by atoms with Gasteiger partial charge in [0.1, 0.15) is 5.75 Å². The molecule has 184 valence electrons. The van der Waals surface area contributed by atoms with Crippen molar-refractivity contribution < 1.29 is 19.1 Å². The highest BCUT2D eigenvalue weighted by atomic mass is 35.5. The van der Waals surface area contributed by atoms with Crippen LogP contribution in [0.5, 0.6) is 5.75 Å². The van der Waals surface area contributed by atoms with Crippen LogP contribution in [-0.2, 0) is 9.53 Å². The van der Waals surface area contributed by atoms with Gasteiger partial charge in [0, 0.05) is 45.8 Å². The standard InChI is InChI=1S/C24H37ClN4O4/c1-32-21-15-19(26)18(25)14-17(21)24(31)27-20-9-13-28(16-22(20)33-2)10-7-4-8-23(30)29-11-5-3-6-12-29/h14-15,20,22H,3-13,16,26H2,1-2H3,(H,27,31)/t20-,22+/m0/s1. The number of amides is 2. The van der Waals surface area contributed by atoms with Gasteiger partial charge in [0.2, 0.25) is 5.91 Å². The SMILES string of the molecule is COc1cc(N)c(Cl)cc1C(=O)N[C@H]1CCN(CCCCC(=O)N2CCCCC2)C[C@H]1OC. The summed E-state index contributed by atoms with van der Waals surface area (Å²) < 4.78 is 11.0. The molecule has 2 aliphatic heterocycles. The molecule has 9 heteroatoms. The van der Waals surface area contributed by atoms with E-state index < -0.39 is 0 Å². The van der Waals surface area contributed by atoms with Gasteiger partial charge in [0.25, 0.3) is 5.91 Å². The Labute approximate surface area is 201 Å². The number of carbonyl (C=O) groups excluding carboxylic acids is 2. The number of hydrogen-bond donors (Lipinski definition) is 2. The van der Waals surface area contributed by atoms with Crippen molar-refractivity contribution in [1.29, 1.82) is 0 Å². The first kappa shape index (κ1) is 25.6. The Morgan fingerprint density at radius 2 is 1.91 bits per heavy atom. The van der Waals surface area contributed by atoms with Gasteiger partial charge in [-0.2, -0.15) is 0 Å². The molecule has 0 spiro atoms. The van der Waals surface area contributed by atoms with Crippen molar-refractivity contribution in [3.05, 3.63) is 22.7 Å². The molecule has 2 fully saturated rings. The lowest BCUT2D eigenvalue weighted by Gasteiger charge is -2.38. The second kappa shape index (κ2) is 12.4. The number of benzene rings is 1. The summed E-state index contributed by atoms with van der Waals surface area (Å²) in [7, 11) is 3.17. The fourth-order valence-electron chi connectivity index (χ4n) is 4.66. The molecule has 0 aliphatic carbocycles. The number of unbranched alkanes of at least 4 members (excludes halogenated alkanes) is 1. The van der Waals surface area contributed by atoms with Crippen LogP contribution in [0.2, 0.25) is 5.02 Å². The van der Waals surface area contributed by atoms with Crippen LogP contribution in [0.1, 0.15) is 55.3 Å². The number of likely N-dealkylation sites (tertiary alicyclic amines) is 2. The van der Waals surface area contributed by atoms with Crippen LogP contribution in [0.3, 0.4) is 0 Å². The number of nitrogens with zero attached hydrogens (tertiary/aromatic N) is 2. The fourth-order valence-corrected chi connectivity index (χ4v) is 4.83. The van der Waals surface area contributed by atoms with E-state index in [9.17, 15) is 9.59 Å². The number of rotatable bonds is 9. The van der Waals surface area contributed by atoms with Crippen molar-refractivity contribution in [2.24, 2.45) is 0 Å². The summed E-state index contributed by atoms with van der Waals surface area (Å²) in [5.41, 5.74) is 6.54. The third kappa shape index (κ3) is 6.98. The lowest BCUT2D eigenvalue weighted by Crippen LogP contribution is -2.54. The quantitative estimate of drug-likeness (QED) is 0.416. The highest BCUT2D eigenvalue weighted by Crippen LogP contribution is 2.29.